The number of alkyl carbamates (subject to hydrolysis) is 1. The Balaban J connectivity index is 2.02. The molecule has 9 heteroatoms. The number of rotatable bonds is 10. The number of piperidine rings is 1. The molecule has 0 aliphatic carbocycles. The molecular weight excluding hydrogens is 403 g/mol. The third kappa shape index (κ3) is 8.34. The summed E-state index contributed by atoms with van der Waals surface area (Å²) in [4.78, 5) is 25.8. The number of ether oxygens (including phenoxy) is 2. The number of benzene rings is 1. The molecule has 0 saturated carbocycles. The average Bonchev–Trinajstić information content (AvgIpc) is 2.77. The smallest absolute Gasteiger partial charge is 0.406 e. The van der Waals surface area contributed by atoms with Crippen LogP contribution in [-0.4, -0.2) is 69.5 Å². The highest BCUT2D eigenvalue weighted by Gasteiger charge is 2.31. The van der Waals surface area contributed by atoms with E-state index in [0.717, 1.165) is 24.9 Å². The molecule has 1 aromatic rings. The first-order valence-electron chi connectivity index (χ1n) is 10.9. The van der Waals surface area contributed by atoms with Gasteiger partial charge < -0.3 is 30.3 Å². The molecule has 174 valence electrons. The van der Waals surface area contributed by atoms with Gasteiger partial charge in [0, 0.05) is 38.1 Å². The molecule has 0 bridgehead atoms. The summed E-state index contributed by atoms with van der Waals surface area (Å²) in [5.41, 5.74) is 0.728. The lowest BCUT2D eigenvalue weighted by molar-refractivity contribution is -0.00873. The number of nitrogens with zero attached hydrogens (tertiary/aromatic N) is 1. The Hall–Kier alpha value is -2.39. The van der Waals surface area contributed by atoms with Crippen LogP contribution >= 0.6 is 0 Å². The molecule has 1 aliphatic heterocycles. The molecule has 3 N–H and O–H groups in total. The summed E-state index contributed by atoms with van der Waals surface area (Å²) < 4.78 is 24.5. The van der Waals surface area contributed by atoms with Crippen LogP contribution in [0.25, 0.3) is 0 Å². The van der Waals surface area contributed by atoms with Crippen molar-refractivity contribution in [1.29, 1.82) is 0 Å². The number of halogens is 1. The SMILES string of the molecule is CCNC[C@H](C)NC(=O)N1CCC[C@@H]([C@@H](OCCNC(=O)OC)c2cccc(F)c2)C1. The maximum absolute atomic E-state index is 13.9. The van der Waals surface area contributed by atoms with Gasteiger partial charge in [-0.05, 0) is 44.0 Å². The summed E-state index contributed by atoms with van der Waals surface area (Å²) in [6.07, 6.45) is 0.792. The quantitative estimate of drug-likeness (QED) is 0.489. The van der Waals surface area contributed by atoms with Crippen LogP contribution in [0.5, 0.6) is 0 Å². The summed E-state index contributed by atoms with van der Waals surface area (Å²) in [6.45, 7) is 7.27. The van der Waals surface area contributed by atoms with Crippen molar-refractivity contribution in [2.75, 3.05) is 46.4 Å². The third-order valence-corrected chi connectivity index (χ3v) is 5.28. The Bertz CT molecular complexity index is 706. The predicted molar refractivity (Wildman–Crippen MR) is 116 cm³/mol. The van der Waals surface area contributed by atoms with E-state index in [9.17, 15) is 14.0 Å². The van der Waals surface area contributed by atoms with Crippen LogP contribution in [0.3, 0.4) is 0 Å². The second-order valence-electron chi connectivity index (χ2n) is 7.77. The first-order chi connectivity index (χ1) is 14.9. The number of carbonyl (C=O) groups excluding carboxylic acids is 2. The Kier molecular flexibility index (Phi) is 10.5. The molecular formula is C22H35FN4O4. The van der Waals surface area contributed by atoms with Crippen molar-refractivity contribution in [3.63, 3.8) is 0 Å². The largest absolute Gasteiger partial charge is 0.453 e. The van der Waals surface area contributed by atoms with E-state index in [4.69, 9.17) is 4.74 Å². The van der Waals surface area contributed by atoms with Gasteiger partial charge in [0.2, 0.25) is 0 Å². The summed E-state index contributed by atoms with van der Waals surface area (Å²) in [5, 5.41) is 8.83. The lowest BCUT2D eigenvalue weighted by Gasteiger charge is -2.37. The zero-order valence-corrected chi connectivity index (χ0v) is 18.7. The first-order valence-corrected chi connectivity index (χ1v) is 10.9. The number of hydrogen-bond acceptors (Lipinski definition) is 5. The van der Waals surface area contributed by atoms with Gasteiger partial charge in [0.05, 0.1) is 19.8 Å². The minimum Gasteiger partial charge on any atom is -0.453 e. The fourth-order valence-corrected chi connectivity index (χ4v) is 3.75. The van der Waals surface area contributed by atoms with Crippen molar-refractivity contribution in [1.82, 2.24) is 20.9 Å². The van der Waals surface area contributed by atoms with Crippen LogP contribution in [0, 0.1) is 11.7 Å². The Labute approximate surface area is 183 Å². The molecule has 31 heavy (non-hydrogen) atoms. The predicted octanol–water partition coefficient (Wildman–Crippen LogP) is 2.66. The van der Waals surface area contributed by atoms with Crippen molar-refractivity contribution in [3.8, 4) is 0 Å². The van der Waals surface area contributed by atoms with E-state index in [-0.39, 0.29) is 43.1 Å². The minimum atomic E-state index is -0.530. The summed E-state index contributed by atoms with van der Waals surface area (Å²) in [7, 11) is 1.30. The lowest BCUT2D eigenvalue weighted by Crippen LogP contribution is -2.50. The molecule has 0 spiro atoms. The fraction of sp³-hybridized carbons (Fsp3) is 0.636. The fourth-order valence-electron chi connectivity index (χ4n) is 3.75. The minimum absolute atomic E-state index is 0.0171. The highest BCUT2D eigenvalue weighted by molar-refractivity contribution is 5.74. The maximum atomic E-state index is 13.9. The zero-order valence-electron chi connectivity index (χ0n) is 18.7. The number of likely N-dealkylation sites (tertiary alicyclic amines) is 1. The molecule has 1 aromatic carbocycles. The second kappa shape index (κ2) is 13.1. The molecule has 0 radical (unpaired) electrons. The number of hydrogen-bond donors (Lipinski definition) is 3. The average molecular weight is 439 g/mol. The zero-order chi connectivity index (χ0) is 22.6. The van der Waals surface area contributed by atoms with Crippen LogP contribution < -0.4 is 16.0 Å². The van der Waals surface area contributed by atoms with E-state index >= 15 is 0 Å². The number of likely N-dealkylation sites (N-methyl/N-ethyl adjacent to an activating group) is 1. The Morgan fingerprint density at radius 1 is 1.35 bits per heavy atom. The molecule has 1 heterocycles. The highest BCUT2D eigenvalue weighted by atomic mass is 19.1. The van der Waals surface area contributed by atoms with E-state index in [1.54, 1.807) is 11.0 Å². The van der Waals surface area contributed by atoms with Gasteiger partial charge in [0.15, 0.2) is 0 Å². The van der Waals surface area contributed by atoms with Crippen LogP contribution in [-0.2, 0) is 9.47 Å². The van der Waals surface area contributed by atoms with Gasteiger partial charge in [-0.2, -0.15) is 0 Å². The van der Waals surface area contributed by atoms with Gasteiger partial charge in [0.25, 0.3) is 0 Å². The molecule has 2 rings (SSSR count). The standard InChI is InChI=1S/C22H35FN4O4/c1-4-24-14-16(2)26-21(28)27-11-6-8-18(15-27)20(17-7-5-9-19(23)13-17)31-12-10-25-22(29)30-3/h5,7,9,13,16,18,20,24H,4,6,8,10-12,14-15H2,1-3H3,(H,25,29)(H,26,28)/t16-,18+,20-/m0/s1. The van der Waals surface area contributed by atoms with Crippen LogP contribution in [0.1, 0.15) is 38.4 Å². The van der Waals surface area contributed by atoms with E-state index < -0.39 is 6.09 Å². The van der Waals surface area contributed by atoms with Gasteiger partial charge >= 0.3 is 12.1 Å². The molecule has 1 saturated heterocycles. The molecule has 8 nitrogen and oxygen atoms in total. The lowest BCUT2D eigenvalue weighted by atomic mass is 9.88. The summed E-state index contributed by atoms with van der Waals surface area (Å²) in [5.74, 6) is -0.315. The second-order valence-corrected chi connectivity index (χ2v) is 7.77. The third-order valence-electron chi connectivity index (χ3n) is 5.28. The normalized spacial score (nSPS) is 18.2. The topological polar surface area (TPSA) is 91.9 Å². The van der Waals surface area contributed by atoms with Gasteiger partial charge in [-0.15, -0.1) is 0 Å². The van der Waals surface area contributed by atoms with Crippen LogP contribution in [0.4, 0.5) is 14.0 Å². The maximum Gasteiger partial charge on any atom is 0.406 e. The monoisotopic (exact) mass is 438 g/mol. The van der Waals surface area contributed by atoms with E-state index in [2.05, 4.69) is 20.7 Å². The Morgan fingerprint density at radius 2 is 2.16 bits per heavy atom. The van der Waals surface area contributed by atoms with Gasteiger partial charge in [-0.3, -0.25) is 0 Å². The molecule has 0 unspecified atom stereocenters. The molecule has 0 aromatic heterocycles. The molecule has 3 amide bonds. The van der Waals surface area contributed by atoms with Gasteiger partial charge in [0.1, 0.15) is 5.82 Å². The number of carbonyl (C=O) groups is 2. The highest BCUT2D eigenvalue weighted by Crippen LogP contribution is 2.33. The number of methoxy groups -OCH3 is 1. The van der Waals surface area contributed by atoms with Crippen molar-refractivity contribution in [3.05, 3.63) is 35.6 Å². The Morgan fingerprint density at radius 3 is 2.87 bits per heavy atom. The van der Waals surface area contributed by atoms with Crippen molar-refractivity contribution in [2.45, 2.75) is 38.8 Å². The van der Waals surface area contributed by atoms with E-state index in [1.165, 1.54) is 19.2 Å². The van der Waals surface area contributed by atoms with Crippen LogP contribution in [0.2, 0.25) is 0 Å². The van der Waals surface area contributed by atoms with Crippen molar-refractivity contribution >= 4 is 12.1 Å². The van der Waals surface area contributed by atoms with Crippen molar-refractivity contribution < 1.29 is 23.5 Å². The molecule has 1 aliphatic rings. The van der Waals surface area contributed by atoms with Crippen LogP contribution in [0.15, 0.2) is 24.3 Å². The molecule has 1 fully saturated rings. The number of nitrogens with one attached hydrogen (secondary N) is 3. The van der Waals surface area contributed by atoms with Gasteiger partial charge in [-0.25, -0.2) is 14.0 Å². The number of amides is 3. The number of urea groups is 1. The van der Waals surface area contributed by atoms with E-state index in [1.807, 2.05) is 19.9 Å². The van der Waals surface area contributed by atoms with Gasteiger partial charge in [-0.1, -0.05) is 19.1 Å². The van der Waals surface area contributed by atoms with E-state index in [0.29, 0.717) is 19.6 Å². The van der Waals surface area contributed by atoms with Crippen molar-refractivity contribution in [2.24, 2.45) is 5.92 Å². The molecule has 3 atom stereocenters. The summed E-state index contributed by atoms with van der Waals surface area (Å²) >= 11 is 0. The summed E-state index contributed by atoms with van der Waals surface area (Å²) in [6, 6.07) is 6.28. The first kappa shape index (κ1) is 24.9.